The molecule has 2 amide bonds. The van der Waals surface area contributed by atoms with Crippen LogP contribution in [0.25, 0.3) is 0 Å². The summed E-state index contributed by atoms with van der Waals surface area (Å²) in [6.07, 6.45) is 1.16. The van der Waals surface area contributed by atoms with E-state index in [1.807, 2.05) is 22.4 Å². The monoisotopic (exact) mass is 307 g/mol. The zero-order valence-corrected chi connectivity index (χ0v) is 13.1. The van der Waals surface area contributed by atoms with Crippen molar-refractivity contribution < 1.29 is 9.59 Å². The molecular weight excluding hydrogens is 286 g/mol. The van der Waals surface area contributed by atoms with Crippen LogP contribution in [0, 0.1) is 0 Å². The molecule has 0 N–H and O–H groups in total. The number of rotatable bonds is 3. The van der Waals surface area contributed by atoms with E-state index in [0.29, 0.717) is 19.4 Å². The molecule has 0 spiro atoms. The van der Waals surface area contributed by atoms with Gasteiger partial charge in [0.25, 0.3) is 0 Å². The number of hydrogen-bond acceptors (Lipinski definition) is 4. The summed E-state index contributed by atoms with van der Waals surface area (Å²) in [7, 11) is 2.07. The zero-order chi connectivity index (χ0) is 14.8. The van der Waals surface area contributed by atoms with Crippen LogP contribution in [0.3, 0.4) is 0 Å². The number of thiophene rings is 1. The van der Waals surface area contributed by atoms with Gasteiger partial charge in [-0.25, -0.2) is 0 Å². The van der Waals surface area contributed by atoms with Crippen molar-refractivity contribution in [1.29, 1.82) is 0 Å². The van der Waals surface area contributed by atoms with Crippen LogP contribution in [0.5, 0.6) is 0 Å². The lowest BCUT2D eigenvalue weighted by Crippen LogP contribution is -2.53. The normalized spacial score (nSPS) is 23.9. The molecule has 3 heterocycles. The SMILES string of the molecule is CN1CCN(C(=O)[C@H]2CCC(=O)N2Cc2cccs2)CC1. The smallest absolute Gasteiger partial charge is 0.245 e. The first-order valence-corrected chi connectivity index (χ1v) is 8.32. The highest BCUT2D eigenvalue weighted by Gasteiger charge is 2.38. The molecule has 0 saturated carbocycles. The fourth-order valence-electron chi connectivity index (χ4n) is 3.00. The molecule has 2 aliphatic rings. The van der Waals surface area contributed by atoms with Crippen molar-refractivity contribution in [3.8, 4) is 0 Å². The molecule has 1 aromatic heterocycles. The van der Waals surface area contributed by atoms with Crippen molar-refractivity contribution in [1.82, 2.24) is 14.7 Å². The summed E-state index contributed by atoms with van der Waals surface area (Å²) < 4.78 is 0. The Morgan fingerprint density at radius 2 is 2.10 bits per heavy atom. The molecular formula is C15H21N3O2S. The first-order valence-electron chi connectivity index (χ1n) is 7.44. The van der Waals surface area contributed by atoms with E-state index in [2.05, 4.69) is 11.9 Å². The Bertz CT molecular complexity index is 509. The van der Waals surface area contributed by atoms with Gasteiger partial charge < -0.3 is 14.7 Å². The summed E-state index contributed by atoms with van der Waals surface area (Å²) in [4.78, 5) is 31.9. The largest absolute Gasteiger partial charge is 0.338 e. The molecule has 0 unspecified atom stereocenters. The number of amides is 2. The third kappa shape index (κ3) is 3.11. The van der Waals surface area contributed by atoms with Gasteiger partial charge in [-0.05, 0) is 24.9 Å². The van der Waals surface area contributed by atoms with Crippen LogP contribution in [0.4, 0.5) is 0 Å². The van der Waals surface area contributed by atoms with Crippen LogP contribution in [0.2, 0.25) is 0 Å². The maximum Gasteiger partial charge on any atom is 0.245 e. The number of likely N-dealkylation sites (N-methyl/N-ethyl adjacent to an activating group) is 1. The number of likely N-dealkylation sites (tertiary alicyclic amines) is 1. The van der Waals surface area contributed by atoms with Crippen LogP contribution < -0.4 is 0 Å². The van der Waals surface area contributed by atoms with Crippen LogP contribution in [-0.4, -0.2) is 65.8 Å². The molecule has 0 radical (unpaired) electrons. The molecule has 5 nitrogen and oxygen atoms in total. The minimum absolute atomic E-state index is 0.107. The Labute approximate surface area is 129 Å². The van der Waals surface area contributed by atoms with Crippen molar-refractivity contribution in [3.05, 3.63) is 22.4 Å². The van der Waals surface area contributed by atoms with Gasteiger partial charge in [0.1, 0.15) is 6.04 Å². The summed E-state index contributed by atoms with van der Waals surface area (Å²) in [6, 6.07) is 3.74. The molecule has 6 heteroatoms. The predicted octanol–water partition coefficient (Wildman–Crippen LogP) is 1.01. The highest BCUT2D eigenvalue weighted by molar-refractivity contribution is 7.09. The fraction of sp³-hybridized carbons (Fsp3) is 0.600. The third-order valence-electron chi connectivity index (χ3n) is 4.33. The van der Waals surface area contributed by atoms with Gasteiger partial charge >= 0.3 is 0 Å². The average molecular weight is 307 g/mol. The van der Waals surface area contributed by atoms with Crippen molar-refractivity contribution >= 4 is 23.2 Å². The molecule has 21 heavy (non-hydrogen) atoms. The Morgan fingerprint density at radius 3 is 2.76 bits per heavy atom. The summed E-state index contributed by atoms with van der Waals surface area (Å²) >= 11 is 1.64. The number of nitrogens with zero attached hydrogens (tertiary/aromatic N) is 3. The second-order valence-corrected chi connectivity index (χ2v) is 6.82. The quantitative estimate of drug-likeness (QED) is 0.837. The molecule has 1 atom stereocenters. The fourth-order valence-corrected chi connectivity index (χ4v) is 3.70. The van der Waals surface area contributed by atoms with E-state index in [1.54, 1.807) is 16.2 Å². The van der Waals surface area contributed by atoms with E-state index in [-0.39, 0.29) is 17.9 Å². The lowest BCUT2D eigenvalue weighted by atomic mass is 10.1. The van der Waals surface area contributed by atoms with E-state index in [4.69, 9.17) is 0 Å². The number of piperazine rings is 1. The van der Waals surface area contributed by atoms with Crippen molar-refractivity contribution in [3.63, 3.8) is 0 Å². The number of carbonyl (C=O) groups excluding carboxylic acids is 2. The standard InChI is InChI=1S/C15H21N3O2S/c1-16-6-8-17(9-7-16)15(20)13-4-5-14(19)18(13)11-12-3-2-10-21-12/h2-3,10,13H,4-9,11H2,1H3/t13-/m1/s1. The van der Waals surface area contributed by atoms with Gasteiger partial charge in [-0.2, -0.15) is 0 Å². The molecule has 0 aliphatic carbocycles. The lowest BCUT2D eigenvalue weighted by molar-refractivity contribution is -0.142. The Kier molecular flexibility index (Phi) is 4.26. The van der Waals surface area contributed by atoms with Crippen LogP contribution in [0.1, 0.15) is 17.7 Å². The molecule has 2 fully saturated rings. The van der Waals surface area contributed by atoms with Crippen LogP contribution in [-0.2, 0) is 16.1 Å². The summed E-state index contributed by atoms with van der Waals surface area (Å²) in [5.74, 6) is 0.237. The molecule has 114 valence electrons. The van der Waals surface area contributed by atoms with Gasteiger partial charge in [0.15, 0.2) is 0 Å². The maximum atomic E-state index is 12.7. The molecule has 2 aliphatic heterocycles. The number of hydrogen-bond donors (Lipinski definition) is 0. The minimum Gasteiger partial charge on any atom is -0.338 e. The highest BCUT2D eigenvalue weighted by atomic mass is 32.1. The van der Waals surface area contributed by atoms with E-state index >= 15 is 0 Å². The van der Waals surface area contributed by atoms with Crippen molar-refractivity contribution in [2.45, 2.75) is 25.4 Å². The second kappa shape index (κ2) is 6.15. The molecule has 2 saturated heterocycles. The third-order valence-corrected chi connectivity index (χ3v) is 5.20. The lowest BCUT2D eigenvalue weighted by Gasteiger charge is -2.35. The van der Waals surface area contributed by atoms with E-state index in [0.717, 1.165) is 31.1 Å². The van der Waals surface area contributed by atoms with Gasteiger partial charge in [0.05, 0.1) is 6.54 Å². The number of carbonyl (C=O) groups is 2. The molecule has 1 aromatic rings. The molecule has 0 aromatic carbocycles. The van der Waals surface area contributed by atoms with Crippen molar-refractivity contribution in [2.75, 3.05) is 33.2 Å². The highest BCUT2D eigenvalue weighted by Crippen LogP contribution is 2.25. The van der Waals surface area contributed by atoms with Gasteiger partial charge in [0, 0.05) is 37.5 Å². The topological polar surface area (TPSA) is 43.9 Å². The second-order valence-electron chi connectivity index (χ2n) is 5.78. The van der Waals surface area contributed by atoms with Crippen molar-refractivity contribution in [2.24, 2.45) is 0 Å². The van der Waals surface area contributed by atoms with E-state index < -0.39 is 0 Å². The maximum absolute atomic E-state index is 12.7. The van der Waals surface area contributed by atoms with Crippen LogP contribution >= 0.6 is 11.3 Å². The zero-order valence-electron chi connectivity index (χ0n) is 12.3. The first-order chi connectivity index (χ1) is 10.1. The summed E-state index contributed by atoms with van der Waals surface area (Å²) in [5.41, 5.74) is 0. The predicted molar refractivity (Wildman–Crippen MR) is 82.0 cm³/mol. The van der Waals surface area contributed by atoms with E-state index in [9.17, 15) is 9.59 Å². The van der Waals surface area contributed by atoms with Crippen LogP contribution in [0.15, 0.2) is 17.5 Å². The van der Waals surface area contributed by atoms with Gasteiger partial charge in [-0.1, -0.05) is 6.07 Å². The Balaban J connectivity index is 1.68. The Morgan fingerprint density at radius 1 is 1.33 bits per heavy atom. The summed E-state index contributed by atoms with van der Waals surface area (Å²) in [5, 5.41) is 2.01. The first kappa shape index (κ1) is 14.5. The van der Waals surface area contributed by atoms with E-state index in [1.165, 1.54) is 0 Å². The van der Waals surface area contributed by atoms with Gasteiger partial charge in [-0.3, -0.25) is 9.59 Å². The summed E-state index contributed by atoms with van der Waals surface area (Å²) in [6.45, 7) is 3.94. The minimum atomic E-state index is -0.261. The average Bonchev–Trinajstić information content (AvgIpc) is 3.11. The molecule has 0 bridgehead atoms. The van der Waals surface area contributed by atoms with Gasteiger partial charge in [0.2, 0.25) is 11.8 Å². The Hall–Kier alpha value is -1.40. The van der Waals surface area contributed by atoms with Gasteiger partial charge in [-0.15, -0.1) is 11.3 Å². The molecule has 3 rings (SSSR count).